The van der Waals surface area contributed by atoms with Crippen molar-refractivity contribution in [1.82, 2.24) is 4.57 Å². The second-order valence-electron chi connectivity index (χ2n) is 4.18. The number of carbonyl (C=O) groups excluding carboxylic acids is 1. The van der Waals surface area contributed by atoms with E-state index in [1.165, 1.54) is 10.6 Å². The molecule has 102 valence electrons. The number of rotatable bonds is 4. The van der Waals surface area contributed by atoms with Crippen LogP contribution < -0.4 is 16.6 Å². The molecule has 1 aromatic rings. The third kappa shape index (κ3) is 4.16. The van der Waals surface area contributed by atoms with E-state index in [0.29, 0.717) is 12.2 Å². The van der Waals surface area contributed by atoms with Gasteiger partial charge in [0.1, 0.15) is 0 Å². The summed E-state index contributed by atoms with van der Waals surface area (Å²) in [6.45, 7) is 6.01. The van der Waals surface area contributed by atoms with Gasteiger partial charge in [0.15, 0.2) is 0 Å². The molecule has 3 N–H and O–H groups in total. The molecule has 1 rings (SSSR count). The Labute approximate surface area is 113 Å². The molecule has 0 fully saturated rings. The maximum absolute atomic E-state index is 11.8. The molecule has 0 saturated carbocycles. The molecule has 0 aromatic carbocycles. The van der Waals surface area contributed by atoms with Gasteiger partial charge in [-0.15, -0.1) is 12.4 Å². The number of hydrogen-bond acceptors (Lipinski definition) is 3. The Morgan fingerprint density at radius 2 is 2.06 bits per heavy atom. The highest BCUT2D eigenvalue weighted by atomic mass is 35.5. The van der Waals surface area contributed by atoms with Crippen LogP contribution in [-0.2, 0) is 11.3 Å². The van der Waals surface area contributed by atoms with Crippen LogP contribution in [0.15, 0.2) is 23.1 Å². The predicted octanol–water partition coefficient (Wildman–Crippen LogP) is 1.21. The molecule has 0 aliphatic heterocycles. The molecular weight excluding hydrogens is 254 g/mol. The molecule has 1 aromatic heterocycles. The second-order valence-corrected chi connectivity index (χ2v) is 4.18. The first kappa shape index (κ1) is 16.7. The number of aryl methyl sites for hydroxylation is 1. The minimum Gasteiger partial charge on any atom is -0.327 e. The van der Waals surface area contributed by atoms with E-state index in [9.17, 15) is 9.59 Å². The second kappa shape index (κ2) is 7.18. The number of amides is 1. The van der Waals surface area contributed by atoms with E-state index in [4.69, 9.17) is 5.73 Å². The van der Waals surface area contributed by atoms with Crippen LogP contribution >= 0.6 is 12.4 Å². The van der Waals surface area contributed by atoms with Crippen molar-refractivity contribution in [3.8, 4) is 0 Å². The van der Waals surface area contributed by atoms with Crippen LogP contribution in [0.4, 0.5) is 5.69 Å². The zero-order valence-corrected chi connectivity index (χ0v) is 11.7. The van der Waals surface area contributed by atoms with Gasteiger partial charge < -0.3 is 15.6 Å². The highest BCUT2D eigenvalue weighted by Gasteiger charge is 2.17. The smallest absolute Gasteiger partial charge is 0.250 e. The van der Waals surface area contributed by atoms with Gasteiger partial charge in [0.05, 0.1) is 11.6 Å². The Bertz CT molecular complexity index is 457. The molecule has 1 amide bonds. The number of carbonyl (C=O) groups is 1. The van der Waals surface area contributed by atoms with Crippen LogP contribution in [0.25, 0.3) is 0 Å². The van der Waals surface area contributed by atoms with Gasteiger partial charge in [-0.1, -0.05) is 6.92 Å². The number of hydrogen-bond donors (Lipinski definition) is 2. The summed E-state index contributed by atoms with van der Waals surface area (Å²) in [4.78, 5) is 23.1. The Kier molecular flexibility index (Phi) is 6.65. The van der Waals surface area contributed by atoms with Gasteiger partial charge in [0.25, 0.3) is 5.56 Å². The van der Waals surface area contributed by atoms with Gasteiger partial charge in [-0.2, -0.15) is 0 Å². The number of halogens is 1. The zero-order valence-electron chi connectivity index (χ0n) is 10.8. The molecular formula is C12H20ClN3O2. The topological polar surface area (TPSA) is 77.1 Å². The maximum atomic E-state index is 11.8. The van der Waals surface area contributed by atoms with Crippen LogP contribution in [-0.4, -0.2) is 16.5 Å². The molecule has 1 heterocycles. The van der Waals surface area contributed by atoms with E-state index in [0.717, 1.165) is 0 Å². The quantitative estimate of drug-likeness (QED) is 0.866. The van der Waals surface area contributed by atoms with E-state index < -0.39 is 0 Å². The standard InChI is InChI=1S/C12H19N3O2.ClH/c1-4-15-7-10(5-6-11(15)16)14-12(17)8(2)9(3)13;/h5-9H,4,13H2,1-3H3,(H,14,17);1H. The lowest BCUT2D eigenvalue weighted by molar-refractivity contribution is -0.119. The maximum Gasteiger partial charge on any atom is 0.250 e. The highest BCUT2D eigenvalue weighted by Crippen LogP contribution is 2.08. The summed E-state index contributed by atoms with van der Waals surface area (Å²) >= 11 is 0. The minimum atomic E-state index is -0.267. The SMILES string of the molecule is CCn1cc(NC(=O)C(C)C(C)N)ccc1=O.Cl. The molecule has 0 spiro atoms. The van der Waals surface area contributed by atoms with E-state index in [1.54, 1.807) is 26.1 Å². The molecule has 18 heavy (non-hydrogen) atoms. The number of pyridine rings is 1. The first-order valence-corrected chi connectivity index (χ1v) is 5.72. The van der Waals surface area contributed by atoms with E-state index in [-0.39, 0.29) is 35.8 Å². The Morgan fingerprint density at radius 3 is 2.56 bits per heavy atom. The summed E-state index contributed by atoms with van der Waals surface area (Å²) in [5.74, 6) is -0.404. The third-order valence-corrected chi connectivity index (χ3v) is 2.79. The van der Waals surface area contributed by atoms with Crippen LogP contribution in [0.3, 0.4) is 0 Å². The van der Waals surface area contributed by atoms with Gasteiger partial charge in [-0.3, -0.25) is 9.59 Å². The largest absolute Gasteiger partial charge is 0.327 e. The lowest BCUT2D eigenvalue weighted by Gasteiger charge is -2.15. The molecule has 0 radical (unpaired) electrons. The van der Waals surface area contributed by atoms with Crippen molar-refractivity contribution in [3.63, 3.8) is 0 Å². The first-order valence-electron chi connectivity index (χ1n) is 5.72. The molecule has 2 atom stereocenters. The first-order chi connectivity index (χ1) is 7.95. The van der Waals surface area contributed by atoms with Crippen molar-refractivity contribution >= 4 is 24.0 Å². The number of anilines is 1. The van der Waals surface area contributed by atoms with E-state index in [1.807, 2.05) is 6.92 Å². The van der Waals surface area contributed by atoms with Gasteiger partial charge in [0.2, 0.25) is 5.91 Å². The Balaban J connectivity index is 0.00000289. The highest BCUT2D eigenvalue weighted by molar-refractivity contribution is 5.92. The fraction of sp³-hybridized carbons (Fsp3) is 0.500. The van der Waals surface area contributed by atoms with Gasteiger partial charge in [-0.25, -0.2) is 0 Å². The van der Waals surface area contributed by atoms with Crippen molar-refractivity contribution in [1.29, 1.82) is 0 Å². The molecule has 0 aliphatic rings. The fourth-order valence-corrected chi connectivity index (χ4v) is 1.35. The summed E-state index contributed by atoms with van der Waals surface area (Å²) in [6.07, 6.45) is 1.63. The van der Waals surface area contributed by atoms with Crippen molar-refractivity contribution in [2.24, 2.45) is 11.7 Å². The Hall–Kier alpha value is -1.33. The van der Waals surface area contributed by atoms with Crippen LogP contribution in [0.2, 0.25) is 0 Å². The van der Waals surface area contributed by atoms with Crippen LogP contribution in [0.1, 0.15) is 20.8 Å². The number of aromatic nitrogens is 1. The minimum absolute atomic E-state index is 0. The van der Waals surface area contributed by atoms with Crippen molar-refractivity contribution in [2.45, 2.75) is 33.4 Å². The fourth-order valence-electron chi connectivity index (χ4n) is 1.35. The monoisotopic (exact) mass is 273 g/mol. The molecule has 0 aliphatic carbocycles. The zero-order chi connectivity index (χ0) is 13.0. The van der Waals surface area contributed by atoms with Crippen molar-refractivity contribution in [2.75, 3.05) is 5.32 Å². The Morgan fingerprint density at radius 1 is 1.44 bits per heavy atom. The van der Waals surface area contributed by atoms with Gasteiger partial charge in [0, 0.05) is 24.8 Å². The molecule has 2 unspecified atom stereocenters. The third-order valence-electron chi connectivity index (χ3n) is 2.79. The van der Waals surface area contributed by atoms with Crippen molar-refractivity contribution in [3.05, 3.63) is 28.7 Å². The average Bonchev–Trinajstić information content (AvgIpc) is 2.30. The van der Waals surface area contributed by atoms with Crippen LogP contribution in [0.5, 0.6) is 0 Å². The van der Waals surface area contributed by atoms with Gasteiger partial charge >= 0.3 is 0 Å². The summed E-state index contributed by atoms with van der Waals surface area (Å²) in [7, 11) is 0. The van der Waals surface area contributed by atoms with E-state index in [2.05, 4.69) is 5.32 Å². The number of nitrogens with zero attached hydrogens (tertiary/aromatic N) is 1. The molecule has 6 heteroatoms. The number of nitrogens with one attached hydrogen (secondary N) is 1. The molecule has 0 saturated heterocycles. The van der Waals surface area contributed by atoms with Crippen LogP contribution in [0, 0.1) is 5.92 Å². The predicted molar refractivity (Wildman–Crippen MR) is 75.1 cm³/mol. The lowest BCUT2D eigenvalue weighted by atomic mass is 10.0. The van der Waals surface area contributed by atoms with Crippen molar-refractivity contribution < 1.29 is 4.79 Å². The normalized spacial score (nSPS) is 13.3. The summed E-state index contributed by atoms with van der Waals surface area (Å²) in [5.41, 5.74) is 6.19. The summed E-state index contributed by atoms with van der Waals surface area (Å²) in [6, 6.07) is 2.84. The lowest BCUT2D eigenvalue weighted by Crippen LogP contribution is -2.34. The van der Waals surface area contributed by atoms with E-state index >= 15 is 0 Å². The van der Waals surface area contributed by atoms with Gasteiger partial charge in [-0.05, 0) is 19.9 Å². The molecule has 5 nitrogen and oxygen atoms in total. The molecule has 0 bridgehead atoms. The number of nitrogens with two attached hydrogens (primary N) is 1. The average molecular weight is 274 g/mol. The summed E-state index contributed by atoms with van der Waals surface area (Å²) < 4.78 is 1.53. The summed E-state index contributed by atoms with van der Waals surface area (Å²) in [5, 5.41) is 2.75.